The molecule has 0 aromatic heterocycles. The molecule has 13 nitrogen and oxygen atoms in total. The number of carboxylic acid groups (broad SMARTS) is 2. The van der Waals surface area contributed by atoms with E-state index in [4.69, 9.17) is 9.84 Å². The molecule has 0 spiro atoms. The van der Waals surface area contributed by atoms with Crippen molar-refractivity contribution < 1.29 is 43.7 Å². The van der Waals surface area contributed by atoms with Crippen LogP contribution in [0, 0.1) is 0 Å². The lowest BCUT2D eigenvalue weighted by Gasteiger charge is -2.23. The largest absolute Gasteiger partial charge is 0.497 e. The van der Waals surface area contributed by atoms with Gasteiger partial charge in [0.2, 0.25) is 17.7 Å². The van der Waals surface area contributed by atoms with Crippen LogP contribution in [0.15, 0.2) is 91.0 Å². The van der Waals surface area contributed by atoms with Crippen molar-refractivity contribution in [1.82, 2.24) is 16.0 Å². The third-order valence-electron chi connectivity index (χ3n) is 7.58. The first-order valence-electron chi connectivity index (χ1n) is 15.3. The van der Waals surface area contributed by atoms with Gasteiger partial charge in [-0.3, -0.25) is 24.0 Å². The monoisotopic (exact) mass is 668 g/mol. The molecule has 13 heteroatoms. The van der Waals surface area contributed by atoms with Gasteiger partial charge in [0.25, 0.3) is 0 Å². The predicted octanol–water partition coefficient (Wildman–Crippen LogP) is 2.81. The Morgan fingerprint density at radius 2 is 1.37 bits per heavy atom. The molecule has 0 radical (unpaired) electrons. The smallest absolute Gasteiger partial charge is 0.394 e. The number of carboxylic acids is 2. The lowest BCUT2D eigenvalue weighted by atomic mass is 10.0. The van der Waals surface area contributed by atoms with E-state index in [9.17, 15) is 33.9 Å². The Morgan fingerprint density at radius 3 is 2.02 bits per heavy atom. The maximum atomic E-state index is 13.7. The number of ether oxygens (including phenoxy) is 1. The number of anilines is 1. The molecule has 0 aliphatic carbocycles. The minimum absolute atomic E-state index is 0.0401. The molecule has 0 aliphatic rings. The lowest BCUT2D eigenvalue weighted by Crippen LogP contribution is -2.54. The van der Waals surface area contributed by atoms with Crippen molar-refractivity contribution in [1.29, 1.82) is 0 Å². The van der Waals surface area contributed by atoms with Crippen LogP contribution in [0.3, 0.4) is 0 Å². The molecule has 0 unspecified atom stereocenters. The van der Waals surface area contributed by atoms with E-state index in [1.54, 1.807) is 36.4 Å². The summed E-state index contributed by atoms with van der Waals surface area (Å²) in [5, 5.41) is 30.4. The Morgan fingerprint density at radius 1 is 0.714 bits per heavy atom. The summed E-state index contributed by atoms with van der Waals surface area (Å²) in [6, 6.07) is 23.8. The minimum atomic E-state index is -1.65. The Labute approximate surface area is 281 Å². The Hall–Kier alpha value is -6.24. The van der Waals surface area contributed by atoms with Gasteiger partial charge in [0.15, 0.2) is 0 Å². The van der Waals surface area contributed by atoms with Crippen LogP contribution >= 0.6 is 0 Å². The van der Waals surface area contributed by atoms with Gasteiger partial charge in [-0.25, -0.2) is 4.79 Å². The summed E-state index contributed by atoms with van der Waals surface area (Å²) in [6.07, 6.45) is -0.685. The van der Waals surface area contributed by atoms with Crippen LogP contribution in [0.5, 0.6) is 5.75 Å². The number of benzene rings is 4. The SMILES string of the molecule is COc1ccc(CNC(=O)[C@H](CCC(=O)O)NC(=O)[C@H](Cc2ccc(NC(=O)C(=O)O)cc2)NC(=O)Cc2ccc3ccccc3c2)cc1. The molecule has 49 heavy (non-hydrogen) atoms. The first-order chi connectivity index (χ1) is 23.5. The summed E-state index contributed by atoms with van der Waals surface area (Å²) in [5.41, 5.74) is 2.22. The average molecular weight is 669 g/mol. The summed E-state index contributed by atoms with van der Waals surface area (Å²) in [5.74, 6) is -5.18. The molecular weight excluding hydrogens is 632 g/mol. The fraction of sp³-hybridized carbons (Fsp3) is 0.222. The summed E-state index contributed by atoms with van der Waals surface area (Å²) in [6.45, 7) is 0.110. The van der Waals surface area contributed by atoms with Crippen molar-refractivity contribution in [2.24, 2.45) is 0 Å². The molecule has 0 heterocycles. The van der Waals surface area contributed by atoms with Gasteiger partial charge in [-0.05, 0) is 58.1 Å². The van der Waals surface area contributed by atoms with Crippen LogP contribution in [-0.2, 0) is 48.2 Å². The highest BCUT2D eigenvalue weighted by Crippen LogP contribution is 2.17. The van der Waals surface area contributed by atoms with Crippen LogP contribution in [0.4, 0.5) is 5.69 Å². The van der Waals surface area contributed by atoms with Crippen molar-refractivity contribution in [2.75, 3.05) is 12.4 Å². The third-order valence-corrected chi connectivity index (χ3v) is 7.58. The molecule has 4 aromatic rings. The number of fused-ring (bicyclic) bond motifs is 1. The highest BCUT2D eigenvalue weighted by Gasteiger charge is 2.28. The van der Waals surface area contributed by atoms with Gasteiger partial charge in [-0.15, -0.1) is 0 Å². The first kappa shape index (κ1) is 35.6. The standard InChI is InChI=1S/C36H36N4O9/c1-49-28-14-9-23(10-15-28)21-37-33(44)29(16-17-32(42)43)40-34(45)30(19-22-7-12-27(13-8-22)38-35(46)36(47)48)39-31(41)20-24-6-11-25-4-2-3-5-26(25)18-24/h2-15,18,29-30H,16-17,19-21H2,1H3,(H,37,44)(H,38,46)(H,39,41)(H,40,45)(H,42,43)(H,47,48)/t29-,30-/m0/s1. The maximum Gasteiger partial charge on any atom is 0.394 e. The third kappa shape index (κ3) is 10.9. The van der Waals surface area contributed by atoms with E-state index < -0.39 is 54.1 Å². The zero-order chi connectivity index (χ0) is 35.3. The average Bonchev–Trinajstić information content (AvgIpc) is 3.09. The van der Waals surface area contributed by atoms with Crippen LogP contribution in [-0.4, -0.2) is 65.0 Å². The molecule has 2 atom stereocenters. The number of aliphatic carboxylic acids is 2. The fourth-order valence-electron chi connectivity index (χ4n) is 5.00. The topological polar surface area (TPSA) is 200 Å². The van der Waals surface area contributed by atoms with Crippen LogP contribution in [0.1, 0.15) is 29.5 Å². The highest BCUT2D eigenvalue weighted by molar-refractivity contribution is 6.36. The van der Waals surface area contributed by atoms with Gasteiger partial charge in [0, 0.05) is 25.1 Å². The minimum Gasteiger partial charge on any atom is -0.497 e. The van der Waals surface area contributed by atoms with E-state index in [0.29, 0.717) is 16.9 Å². The molecule has 0 aliphatic heterocycles. The second-order valence-corrected chi connectivity index (χ2v) is 11.2. The molecular formula is C36H36N4O9. The zero-order valence-corrected chi connectivity index (χ0v) is 26.6. The van der Waals surface area contributed by atoms with E-state index >= 15 is 0 Å². The number of hydrogen-bond acceptors (Lipinski definition) is 7. The number of methoxy groups -OCH3 is 1. The van der Waals surface area contributed by atoms with Crippen LogP contribution < -0.4 is 26.0 Å². The predicted molar refractivity (Wildman–Crippen MR) is 180 cm³/mol. The van der Waals surface area contributed by atoms with Crippen molar-refractivity contribution in [3.63, 3.8) is 0 Å². The molecule has 0 fully saturated rings. The molecule has 0 saturated heterocycles. The number of hydrogen-bond donors (Lipinski definition) is 6. The fourth-order valence-corrected chi connectivity index (χ4v) is 5.00. The molecule has 0 bridgehead atoms. The Bertz CT molecular complexity index is 1820. The van der Waals surface area contributed by atoms with E-state index in [2.05, 4.69) is 21.3 Å². The van der Waals surface area contributed by atoms with Gasteiger partial charge in [-0.1, -0.05) is 66.7 Å². The van der Waals surface area contributed by atoms with Crippen molar-refractivity contribution in [3.8, 4) is 5.75 Å². The molecule has 254 valence electrons. The highest BCUT2D eigenvalue weighted by atomic mass is 16.5. The molecule has 4 amide bonds. The summed E-state index contributed by atoms with van der Waals surface area (Å²) in [7, 11) is 1.53. The van der Waals surface area contributed by atoms with E-state index in [-0.39, 0.29) is 31.5 Å². The van der Waals surface area contributed by atoms with Gasteiger partial charge in [0.1, 0.15) is 17.8 Å². The van der Waals surface area contributed by atoms with Crippen molar-refractivity contribution in [3.05, 3.63) is 108 Å². The quantitative estimate of drug-likeness (QED) is 0.103. The number of carbonyl (C=O) groups excluding carboxylic acids is 4. The number of carbonyl (C=O) groups is 6. The number of amides is 4. The molecule has 0 saturated carbocycles. The van der Waals surface area contributed by atoms with E-state index in [1.807, 2.05) is 42.5 Å². The molecule has 6 N–H and O–H groups in total. The summed E-state index contributed by atoms with van der Waals surface area (Å²) < 4.78 is 5.14. The Balaban J connectivity index is 1.51. The van der Waals surface area contributed by atoms with Crippen molar-refractivity contribution >= 4 is 52.0 Å². The van der Waals surface area contributed by atoms with Gasteiger partial charge < -0.3 is 36.2 Å². The Kier molecular flexibility index (Phi) is 12.4. The van der Waals surface area contributed by atoms with E-state index in [0.717, 1.165) is 16.3 Å². The molecule has 4 aromatic carbocycles. The number of nitrogens with one attached hydrogen (secondary N) is 4. The summed E-state index contributed by atoms with van der Waals surface area (Å²) in [4.78, 5) is 74.0. The van der Waals surface area contributed by atoms with E-state index in [1.165, 1.54) is 19.2 Å². The normalized spacial score (nSPS) is 11.9. The van der Waals surface area contributed by atoms with Gasteiger partial charge in [-0.2, -0.15) is 0 Å². The molecule has 4 rings (SSSR count). The van der Waals surface area contributed by atoms with Gasteiger partial charge >= 0.3 is 17.8 Å². The second-order valence-electron chi connectivity index (χ2n) is 11.2. The maximum absolute atomic E-state index is 13.7. The zero-order valence-electron chi connectivity index (χ0n) is 26.6. The lowest BCUT2D eigenvalue weighted by molar-refractivity contribution is -0.147. The second kappa shape index (κ2) is 17.1. The van der Waals surface area contributed by atoms with Gasteiger partial charge in [0.05, 0.1) is 13.5 Å². The van der Waals surface area contributed by atoms with Crippen LogP contribution in [0.2, 0.25) is 0 Å². The number of rotatable bonds is 15. The van der Waals surface area contributed by atoms with Crippen LogP contribution in [0.25, 0.3) is 10.8 Å². The first-order valence-corrected chi connectivity index (χ1v) is 15.3. The summed E-state index contributed by atoms with van der Waals surface area (Å²) >= 11 is 0. The van der Waals surface area contributed by atoms with Crippen molar-refractivity contribution in [2.45, 2.75) is 44.3 Å².